The van der Waals surface area contributed by atoms with E-state index in [4.69, 9.17) is 10.8 Å². The van der Waals surface area contributed by atoms with Gasteiger partial charge in [0.25, 0.3) is 0 Å². The van der Waals surface area contributed by atoms with Crippen LogP contribution in [0.3, 0.4) is 0 Å². The van der Waals surface area contributed by atoms with E-state index in [9.17, 15) is 0 Å². The molecule has 6 nitrogen and oxygen atoms in total. The molecule has 2 aromatic rings. The van der Waals surface area contributed by atoms with Crippen LogP contribution in [0.2, 0.25) is 0 Å². The zero-order valence-corrected chi connectivity index (χ0v) is 16.7. The first-order valence-electron chi connectivity index (χ1n) is 8.81. The summed E-state index contributed by atoms with van der Waals surface area (Å²) in [5.74, 6) is 1.23. The van der Waals surface area contributed by atoms with Gasteiger partial charge in [-0.05, 0) is 42.7 Å². The molecule has 26 heavy (non-hydrogen) atoms. The van der Waals surface area contributed by atoms with Crippen LogP contribution < -0.4 is 5.32 Å². The van der Waals surface area contributed by atoms with Gasteiger partial charge in [0, 0.05) is 30.7 Å². The predicted molar refractivity (Wildman–Crippen MR) is 113 cm³/mol. The van der Waals surface area contributed by atoms with E-state index >= 15 is 0 Å². The standard InChI is InChI=1S/C9H13N3.C8H11N3.C3H8/c1-7(2)8-6-11-12-9(8)4-3-5-10;1-6(9)7-4-3-5-11-8(7)10-2;1-3-2/h3-7,10H,1-2H3,(H,11,12);3-5,9H,1-2H3,(H,10,11);3H2,1-2H3/b4-3-,10-5?;;. The van der Waals surface area contributed by atoms with Crippen molar-refractivity contribution in [3.8, 4) is 0 Å². The highest BCUT2D eigenvalue weighted by molar-refractivity contribution is 6.00. The molecule has 0 aliphatic rings. The molecule has 0 radical (unpaired) electrons. The van der Waals surface area contributed by atoms with Gasteiger partial charge in [-0.3, -0.25) is 5.10 Å². The van der Waals surface area contributed by atoms with Gasteiger partial charge in [-0.25, -0.2) is 4.98 Å². The first-order chi connectivity index (χ1) is 12.4. The van der Waals surface area contributed by atoms with Crippen LogP contribution >= 0.6 is 0 Å². The zero-order valence-electron chi connectivity index (χ0n) is 16.7. The summed E-state index contributed by atoms with van der Waals surface area (Å²) in [4.78, 5) is 4.07. The second-order valence-electron chi connectivity index (χ2n) is 5.90. The maximum absolute atomic E-state index is 7.40. The maximum Gasteiger partial charge on any atom is 0.134 e. The lowest BCUT2D eigenvalue weighted by atomic mass is 10.0. The minimum Gasteiger partial charge on any atom is -0.373 e. The lowest BCUT2D eigenvalue weighted by Crippen LogP contribution is -2.01. The van der Waals surface area contributed by atoms with Crippen LogP contribution in [-0.4, -0.2) is 34.2 Å². The number of nitrogens with zero attached hydrogens (tertiary/aromatic N) is 2. The smallest absolute Gasteiger partial charge is 0.134 e. The molecule has 0 atom stereocenters. The number of allylic oxidation sites excluding steroid dienone is 1. The molecule has 2 aromatic heterocycles. The number of H-pyrrole nitrogens is 1. The Balaban J connectivity index is 0.000000419. The highest BCUT2D eigenvalue weighted by atomic mass is 15.1. The van der Waals surface area contributed by atoms with E-state index in [2.05, 4.69) is 48.2 Å². The summed E-state index contributed by atoms with van der Waals surface area (Å²) in [6.07, 6.45) is 9.58. The third kappa shape index (κ3) is 8.37. The molecule has 0 saturated heterocycles. The molecule has 2 heterocycles. The fourth-order valence-electron chi connectivity index (χ4n) is 1.95. The molecular formula is C20H32N6. The average molecular weight is 357 g/mol. The van der Waals surface area contributed by atoms with E-state index < -0.39 is 0 Å². The SMILES string of the molecule is CC(C)c1cn[nH]c1/C=C\C=N.CCC.CNc1ncccc1C(C)=N. The molecule has 6 heteroatoms. The molecule has 0 aliphatic carbocycles. The molecule has 0 amide bonds. The van der Waals surface area contributed by atoms with E-state index in [1.54, 1.807) is 26.2 Å². The Morgan fingerprint density at radius 1 is 1.35 bits per heavy atom. The molecule has 0 bridgehead atoms. The number of hydrogen-bond acceptors (Lipinski definition) is 5. The summed E-state index contributed by atoms with van der Waals surface area (Å²) in [6, 6.07) is 3.70. The number of aromatic nitrogens is 3. The lowest BCUT2D eigenvalue weighted by Gasteiger charge is -2.04. The normalized spacial score (nSPS) is 9.81. The summed E-state index contributed by atoms with van der Waals surface area (Å²) in [5, 5.41) is 24.0. The quantitative estimate of drug-likeness (QED) is 0.559. The number of pyridine rings is 1. The Morgan fingerprint density at radius 3 is 2.46 bits per heavy atom. The van der Waals surface area contributed by atoms with Crippen molar-refractivity contribution < 1.29 is 0 Å². The minimum absolute atomic E-state index is 0.467. The van der Waals surface area contributed by atoms with Crippen molar-refractivity contribution in [3.05, 3.63) is 47.4 Å². The molecule has 0 aromatic carbocycles. The number of rotatable bonds is 5. The largest absolute Gasteiger partial charge is 0.373 e. The van der Waals surface area contributed by atoms with E-state index in [1.165, 1.54) is 18.2 Å². The third-order valence-corrected chi connectivity index (χ3v) is 3.13. The van der Waals surface area contributed by atoms with Gasteiger partial charge in [0.1, 0.15) is 5.82 Å². The van der Waals surface area contributed by atoms with Crippen molar-refractivity contribution in [2.45, 2.75) is 47.0 Å². The Labute approximate surface area is 157 Å². The van der Waals surface area contributed by atoms with Crippen LogP contribution in [0.5, 0.6) is 0 Å². The maximum atomic E-state index is 7.40. The van der Waals surface area contributed by atoms with Gasteiger partial charge in [0.2, 0.25) is 0 Å². The lowest BCUT2D eigenvalue weighted by molar-refractivity contribution is 0.865. The van der Waals surface area contributed by atoms with Crippen LogP contribution in [0.15, 0.2) is 30.6 Å². The van der Waals surface area contributed by atoms with E-state index in [0.717, 1.165) is 17.1 Å². The number of hydrogen-bond donors (Lipinski definition) is 4. The molecule has 0 unspecified atom stereocenters. The molecule has 0 spiro atoms. The van der Waals surface area contributed by atoms with Crippen LogP contribution in [0.1, 0.15) is 63.8 Å². The Morgan fingerprint density at radius 2 is 2.00 bits per heavy atom. The van der Waals surface area contributed by atoms with E-state index in [0.29, 0.717) is 11.6 Å². The first kappa shape index (κ1) is 23.2. The number of nitrogens with one attached hydrogen (secondary N) is 4. The molecule has 0 fully saturated rings. The highest BCUT2D eigenvalue weighted by Crippen LogP contribution is 2.17. The Bertz CT molecular complexity index is 685. The van der Waals surface area contributed by atoms with Crippen molar-refractivity contribution in [2.24, 2.45) is 0 Å². The monoisotopic (exact) mass is 356 g/mol. The molecule has 4 N–H and O–H groups in total. The summed E-state index contributed by atoms with van der Waals surface area (Å²) < 4.78 is 0. The summed E-state index contributed by atoms with van der Waals surface area (Å²) in [7, 11) is 1.80. The van der Waals surface area contributed by atoms with Crippen molar-refractivity contribution in [1.82, 2.24) is 15.2 Å². The van der Waals surface area contributed by atoms with Crippen molar-refractivity contribution in [3.63, 3.8) is 0 Å². The van der Waals surface area contributed by atoms with Crippen LogP contribution in [0.25, 0.3) is 6.08 Å². The Kier molecular flexibility index (Phi) is 12.1. The fourth-order valence-corrected chi connectivity index (χ4v) is 1.95. The van der Waals surface area contributed by atoms with Gasteiger partial charge in [-0.15, -0.1) is 0 Å². The summed E-state index contributed by atoms with van der Waals surface area (Å²) >= 11 is 0. The van der Waals surface area contributed by atoms with Crippen molar-refractivity contribution in [2.75, 3.05) is 12.4 Å². The van der Waals surface area contributed by atoms with Gasteiger partial charge >= 0.3 is 0 Å². The fraction of sp³-hybridized carbons (Fsp3) is 0.400. The van der Waals surface area contributed by atoms with Crippen LogP contribution in [-0.2, 0) is 0 Å². The number of anilines is 1. The first-order valence-corrected chi connectivity index (χ1v) is 8.81. The Hall–Kier alpha value is -2.76. The highest BCUT2D eigenvalue weighted by Gasteiger charge is 2.05. The van der Waals surface area contributed by atoms with E-state index in [-0.39, 0.29) is 0 Å². The van der Waals surface area contributed by atoms with Gasteiger partial charge < -0.3 is 16.1 Å². The zero-order chi connectivity index (χ0) is 19.9. The third-order valence-electron chi connectivity index (χ3n) is 3.13. The van der Waals surface area contributed by atoms with Gasteiger partial charge in [0.15, 0.2) is 0 Å². The van der Waals surface area contributed by atoms with Crippen LogP contribution in [0.4, 0.5) is 5.82 Å². The molecule has 0 aliphatic heterocycles. The van der Waals surface area contributed by atoms with Gasteiger partial charge in [0.05, 0.1) is 11.9 Å². The van der Waals surface area contributed by atoms with Crippen LogP contribution in [0, 0.1) is 10.8 Å². The second-order valence-corrected chi connectivity index (χ2v) is 5.90. The van der Waals surface area contributed by atoms with Crippen molar-refractivity contribution in [1.29, 1.82) is 10.8 Å². The van der Waals surface area contributed by atoms with Gasteiger partial charge in [-0.1, -0.05) is 34.1 Å². The molecular weight excluding hydrogens is 324 g/mol. The minimum atomic E-state index is 0.467. The molecule has 142 valence electrons. The predicted octanol–water partition coefficient (Wildman–Crippen LogP) is 5.12. The number of aromatic amines is 1. The van der Waals surface area contributed by atoms with Gasteiger partial charge in [-0.2, -0.15) is 5.10 Å². The second kappa shape index (κ2) is 13.5. The summed E-state index contributed by atoms with van der Waals surface area (Å²) in [5.41, 5.74) is 3.57. The molecule has 2 rings (SSSR count). The van der Waals surface area contributed by atoms with Crippen molar-refractivity contribution >= 4 is 23.8 Å². The summed E-state index contributed by atoms with van der Waals surface area (Å²) in [6.45, 7) is 10.2. The topological polar surface area (TPSA) is 101 Å². The molecule has 0 saturated carbocycles. The van der Waals surface area contributed by atoms with E-state index in [1.807, 2.05) is 24.4 Å². The average Bonchev–Trinajstić information content (AvgIpc) is 3.10.